The Hall–Kier alpha value is -1.07. The van der Waals surface area contributed by atoms with Crippen LogP contribution in [0.4, 0.5) is 13.2 Å². The summed E-state index contributed by atoms with van der Waals surface area (Å²) >= 11 is 0. The number of rotatable bonds is 11. The standard InChI is InChI=1S/C16H28F3N3/c1-3-5-7-8-10-12-13(11-9-6-4-2)14-20-15(22-21-14)16(17,18)19/h13H,3-12H2,1-2H3,(H,20,21,22). The minimum absolute atomic E-state index is 0.0665. The summed E-state index contributed by atoms with van der Waals surface area (Å²) in [5, 5.41) is 7.01. The number of unbranched alkanes of at least 4 members (excludes halogenated alkanes) is 6. The summed E-state index contributed by atoms with van der Waals surface area (Å²) in [6.45, 7) is 4.29. The van der Waals surface area contributed by atoms with Crippen molar-refractivity contribution in [2.24, 2.45) is 0 Å². The van der Waals surface area contributed by atoms with Crippen LogP contribution in [0.3, 0.4) is 0 Å². The Labute approximate surface area is 131 Å². The maximum Gasteiger partial charge on any atom is 0.451 e. The van der Waals surface area contributed by atoms with Crippen LogP contribution in [0.1, 0.15) is 95.6 Å². The Morgan fingerprint density at radius 3 is 1.95 bits per heavy atom. The molecule has 1 N–H and O–H groups in total. The first kappa shape index (κ1) is 19.0. The second-order valence-corrected chi connectivity index (χ2v) is 5.95. The van der Waals surface area contributed by atoms with Crippen LogP contribution in [0.5, 0.6) is 0 Å². The Balaban J connectivity index is 2.58. The normalized spacial score (nSPS) is 13.5. The molecule has 0 aliphatic heterocycles. The number of hydrogen-bond acceptors (Lipinski definition) is 2. The summed E-state index contributed by atoms with van der Waals surface area (Å²) in [5.74, 6) is -0.510. The van der Waals surface area contributed by atoms with Gasteiger partial charge >= 0.3 is 6.18 Å². The van der Waals surface area contributed by atoms with Crippen LogP contribution in [-0.4, -0.2) is 15.2 Å². The van der Waals surface area contributed by atoms with Gasteiger partial charge in [-0.3, -0.25) is 0 Å². The number of halogens is 3. The number of aromatic amines is 1. The molecule has 0 bridgehead atoms. The molecule has 0 radical (unpaired) electrons. The van der Waals surface area contributed by atoms with E-state index in [2.05, 4.69) is 29.0 Å². The molecule has 22 heavy (non-hydrogen) atoms. The fourth-order valence-corrected chi connectivity index (χ4v) is 2.64. The van der Waals surface area contributed by atoms with E-state index in [1.54, 1.807) is 0 Å². The van der Waals surface area contributed by atoms with E-state index < -0.39 is 12.0 Å². The molecule has 0 saturated heterocycles. The maximum absolute atomic E-state index is 12.6. The minimum Gasteiger partial charge on any atom is -0.321 e. The molecule has 1 rings (SSSR count). The lowest BCUT2D eigenvalue weighted by atomic mass is 9.94. The highest BCUT2D eigenvalue weighted by Crippen LogP contribution is 2.30. The van der Waals surface area contributed by atoms with Crippen LogP contribution in [0, 0.1) is 0 Å². The van der Waals surface area contributed by atoms with Gasteiger partial charge in [-0.1, -0.05) is 65.2 Å². The summed E-state index contributed by atoms with van der Waals surface area (Å²) < 4.78 is 37.9. The zero-order valence-corrected chi connectivity index (χ0v) is 13.7. The van der Waals surface area contributed by atoms with Crippen molar-refractivity contribution in [2.45, 2.75) is 90.1 Å². The van der Waals surface area contributed by atoms with Crippen LogP contribution in [0.2, 0.25) is 0 Å². The quantitative estimate of drug-likeness (QED) is 0.520. The lowest BCUT2D eigenvalue weighted by Crippen LogP contribution is -2.08. The van der Waals surface area contributed by atoms with Gasteiger partial charge in [-0.15, -0.1) is 10.2 Å². The van der Waals surface area contributed by atoms with Gasteiger partial charge in [0.05, 0.1) is 0 Å². The molecule has 1 aromatic rings. The number of H-pyrrole nitrogens is 1. The van der Waals surface area contributed by atoms with E-state index in [4.69, 9.17) is 0 Å². The third-order valence-corrected chi connectivity index (χ3v) is 3.97. The Morgan fingerprint density at radius 1 is 0.864 bits per heavy atom. The SMILES string of the molecule is CCCCCCCC(CCCCC)c1nnc(C(F)(F)F)[nH]1. The second kappa shape index (κ2) is 9.85. The molecule has 0 saturated carbocycles. The molecule has 0 amide bonds. The zero-order valence-electron chi connectivity index (χ0n) is 13.7. The summed E-state index contributed by atoms with van der Waals surface area (Å²) in [6, 6.07) is 0. The van der Waals surface area contributed by atoms with Crippen molar-refractivity contribution in [3.63, 3.8) is 0 Å². The van der Waals surface area contributed by atoms with Crippen molar-refractivity contribution in [2.75, 3.05) is 0 Å². The molecule has 1 unspecified atom stereocenters. The summed E-state index contributed by atoms with van der Waals surface area (Å²) in [7, 11) is 0. The number of nitrogens with zero attached hydrogens (tertiary/aromatic N) is 2. The molecule has 3 nitrogen and oxygen atoms in total. The van der Waals surface area contributed by atoms with E-state index in [0.29, 0.717) is 5.82 Å². The highest BCUT2D eigenvalue weighted by Gasteiger charge is 2.36. The smallest absolute Gasteiger partial charge is 0.321 e. The molecular formula is C16H28F3N3. The van der Waals surface area contributed by atoms with Crippen LogP contribution >= 0.6 is 0 Å². The van der Waals surface area contributed by atoms with Crippen molar-refractivity contribution in [3.8, 4) is 0 Å². The maximum atomic E-state index is 12.6. The van der Waals surface area contributed by atoms with Gasteiger partial charge in [0.25, 0.3) is 0 Å². The van der Waals surface area contributed by atoms with E-state index in [0.717, 1.165) is 44.9 Å². The van der Waals surface area contributed by atoms with Gasteiger partial charge in [-0.05, 0) is 12.8 Å². The average molecular weight is 319 g/mol. The molecule has 0 fully saturated rings. The van der Waals surface area contributed by atoms with Crippen molar-refractivity contribution in [3.05, 3.63) is 11.6 Å². The predicted octanol–water partition coefficient (Wildman–Crippen LogP) is 5.85. The van der Waals surface area contributed by atoms with Gasteiger partial charge in [0.2, 0.25) is 5.82 Å². The van der Waals surface area contributed by atoms with Crippen molar-refractivity contribution in [1.82, 2.24) is 15.2 Å². The van der Waals surface area contributed by atoms with Crippen LogP contribution in [0.15, 0.2) is 0 Å². The molecule has 1 heterocycles. The molecular weight excluding hydrogens is 291 g/mol. The van der Waals surface area contributed by atoms with E-state index in [-0.39, 0.29) is 5.92 Å². The summed E-state index contributed by atoms with van der Waals surface area (Å²) in [6.07, 6.45) is 6.35. The highest BCUT2D eigenvalue weighted by molar-refractivity contribution is 5.00. The van der Waals surface area contributed by atoms with Crippen LogP contribution < -0.4 is 0 Å². The van der Waals surface area contributed by atoms with Gasteiger partial charge in [-0.2, -0.15) is 13.2 Å². The molecule has 1 atom stereocenters. The first-order chi connectivity index (χ1) is 10.5. The molecule has 0 aromatic carbocycles. The number of alkyl halides is 3. The molecule has 0 spiro atoms. The Kier molecular flexibility index (Phi) is 8.49. The Bertz CT molecular complexity index is 402. The minimum atomic E-state index is -4.44. The fourth-order valence-electron chi connectivity index (χ4n) is 2.64. The average Bonchev–Trinajstić information content (AvgIpc) is 2.95. The number of nitrogens with one attached hydrogen (secondary N) is 1. The van der Waals surface area contributed by atoms with Crippen molar-refractivity contribution in [1.29, 1.82) is 0 Å². The second-order valence-electron chi connectivity index (χ2n) is 5.95. The summed E-state index contributed by atoms with van der Waals surface area (Å²) in [5.41, 5.74) is 0. The van der Waals surface area contributed by atoms with E-state index in [9.17, 15) is 13.2 Å². The zero-order chi connectivity index (χ0) is 16.4. The van der Waals surface area contributed by atoms with Gasteiger partial charge in [-0.25, -0.2) is 0 Å². The predicted molar refractivity (Wildman–Crippen MR) is 81.6 cm³/mol. The van der Waals surface area contributed by atoms with Crippen LogP contribution in [-0.2, 0) is 6.18 Å². The first-order valence-electron chi connectivity index (χ1n) is 8.48. The van der Waals surface area contributed by atoms with Gasteiger partial charge in [0.15, 0.2) is 0 Å². The number of hydrogen-bond donors (Lipinski definition) is 1. The largest absolute Gasteiger partial charge is 0.451 e. The molecule has 0 aliphatic carbocycles. The fraction of sp³-hybridized carbons (Fsp3) is 0.875. The lowest BCUT2D eigenvalue weighted by molar-refractivity contribution is -0.144. The van der Waals surface area contributed by atoms with Crippen molar-refractivity contribution >= 4 is 0 Å². The third-order valence-electron chi connectivity index (χ3n) is 3.97. The highest BCUT2D eigenvalue weighted by atomic mass is 19.4. The molecule has 1 aromatic heterocycles. The third kappa shape index (κ3) is 6.79. The van der Waals surface area contributed by atoms with E-state index in [1.165, 1.54) is 19.3 Å². The first-order valence-corrected chi connectivity index (χ1v) is 8.48. The van der Waals surface area contributed by atoms with Gasteiger partial charge in [0, 0.05) is 5.92 Å². The topological polar surface area (TPSA) is 41.6 Å². The monoisotopic (exact) mass is 319 g/mol. The molecule has 128 valence electrons. The van der Waals surface area contributed by atoms with Gasteiger partial charge in [0.1, 0.15) is 5.82 Å². The molecule has 0 aliphatic rings. The lowest BCUT2D eigenvalue weighted by Gasteiger charge is -2.14. The van der Waals surface area contributed by atoms with Crippen LogP contribution in [0.25, 0.3) is 0 Å². The van der Waals surface area contributed by atoms with Gasteiger partial charge < -0.3 is 4.98 Å². The molecule has 6 heteroatoms. The summed E-state index contributed by atoms with van der Waals surface area (Å²) in [4.78, 5) is 2.38. The Morgan fingerprint density at radius 2 is 1.41 bits per heavy atom. The van der Waals surface area contributed by atoms with E-state index >= 15 is 0 Å². The number of aromatic nitrogens is 3. The van der Waals surface area contributed by atoms with Crippen molar-refractivity contribution < 1.29 is 13.2 Å². The van der Waals surface area contributed by atoms with E-state index in [1.807, 2.05) is 0 Å².